The number of anilines is 2. The number of carbonyl (C=O) groups excluding carboxylic acids is 3. The first-order valence-corrected chi connectivity index (χ1v) is 13.0. The summed E-state index contributed by atoms with van der Waals surface area (Å²) >= 11 is 6.15. The third-order valence-electron chi connectivity index (χ3n) is 6.31. The van der Waals surface area contributed by atoms with E-state index in [1.54, 1.807) is 6.07 Å². The van der Waals surface area contributed by atoms with Gasteiger partial charge in [0.1, 0.15) is 12.6 Å². The van der Waals surface area contributed by atoms with Crippen molar-refractivity contribution < 1.29 is 14.4 Å². The fourth-order valence-electron chi connectivity index (χ4n) is 4.74. The summed E-state index contributed by atoms with van der Waals surface area (Å²) < 4.78 is 0. The molecular formula is C30H33ClN4O3. The van der Waals surface area contributed by atoms with Gasteiger partial charge in [0.15, 0.2) is 0 Å². The molecule has 1 aliphatic heterocycles. The Morgan fingerprint density at radius 2 is 1.71 bits per heavy atom. The van der Waals surface area contributed by atoms with Crippen LogP contribution in [0, 0.1) is 6.92 Å². The van der Waals surface area contributed by atoms with Gasteiger partial charge in [-0.15, -0.1) is 0 Å². The van der Waals surface area contributed by atoms with Crippen LogP contribution in [0.2, 0.25) is 5.02 Å². The summed E-state index contributed by atoms with van der Waals surface area (Å²) in [5, 5.41) is 9.24. The zero-order valence-electron chi connectivity index (χ0n) is 22.0. The molecule has 4 amide bonds. The van der Waals surface area contributed by atoms with Crippen LogP contribution < -0.4 is 20.9 Å². The summed E-state index contributed by atoms with van der Waals surface area (Å²) in [6.45, 7) is 7.43. The highest BCUT2D eigenvalue weighted by Crippen LogP contribution is 2.39. The van der Waals surface area contributed by atoms with Gasteiger partial charge in [-0.25, -0.2) is 4.79 Å². The molecule has 2 unspecified atom stereocenters. The van der Waals surface area contributed by atoms with Crippen molar-refractivity contribution in [2.45, 2.75) is 51.6 Å². The number of aryl methyl sites for hydroxylation is 1. The molecule has 38 heavy (non-hydrogen) atoms. The number of para-hydroxylation sites is 1. The van der Waals surface area contributed by atoms with E-state index in [1.807, 2.05) is 94.4 Å². The average molecular weight is 533 g/mol. The van der Waals surface area contributed by atoms with Gasteiger partial charge in [0.25, 0.3) is 0 Å². The number of urea groups is 1. The number of carbonyl (C=O) groups is 3. The number of halogens is 1. The number of amides is 4. The Labute approximate surface area is 228 Å². The van der Waals surface area contributed by atoms with Crippen LogP contribution in [0.4, 0.5) is 16.2 Å². The maximum atomic E-state index is 14.0. The van der Waals surface area contributed by atoms with Crippen molar-refractivity contribution in [3.63, 3.8) is 0 Å². The molecule has 0 saturated carbocycles. The van der Waals surface area contributed by atoms with Crippen molar-refractivity contribution in [1.82, 2.24) is 10.6 Å². The van der Waals surface area contributed by atoms with Crippen LogP contribution in [-0.2, 0) is 9.59 Å². The Hall–Kier alpha value is -3.84. The van der Waals surface area contributed by atoms with Gasteiger partial charge in [-0.2, -0.15) is 0 Å². The predicted octanol–water partition coefficient (Wildman–Crippen LogP) is 5.62. The van der Waals surface area contributed by atoms with Crippen molar-refractivity contribution in [2.75, 3.05) is 16.8 Å². The molecule has 0 aromatic heterocycles. The molecule has 0 bridgehead atoms. The van der Waals surface area contributed by atoms with Crippen molar-refractivity contribution in [3.05, 3.63) is 94.5 Å². The number of nitrogens with one attached hydrogen (secondary N) is 3. The topological polar surface area (TPSA) is 90.5 Å². The summed E-state index contributed by atoms with van der Waals surface area (Å²) in [6.07, 6.45) is 0.316. The Morgan fingerprint density at radius 1 is 1.00 bits per heavy atom. The van der Waals surface area contributed by atoms with Crippen molar-refractivity contribution in [1.29, 1.82) is 0 Å². The van der Waals surface area contributed by atoms with E-state index in [4.69, 9.17) is 11.6 Å². The number of benzene rings is 3. The molecule has 8 heteroatoms. The summed E-state index contributed by atoms with van der Waals surface area (Å²) in [7, 11) is 0. The first-order chi connectivity index (χ1) is 18.0. The molecular weight excluding hydrogens is 500 g/mol. The molecule has 1 heterocycles. The van der Waals surface area contributed by atoms with Gasteiger partial charge in [0.05, 0.1) is 0 Å². The molecule has 7 nitrogen and oxygen atoms in total. The molecule has 3 aromatic carbocycles. The lowest BCUT2D eigenvalue weighted by molar-refractivity contribution is -0.125. The molecule has 3 N–H and O–H groups in total. The second kappa shape index (κ2) is 11.3. The fourth-order valence-corrected chi connectivity index (χ4v) is 4.87. The van der Waals surface area contributed by atoms with Gasteiger partial charge >= 0.3 is 6.03 Å². The SMILES string of the molecule is Cc1cccc(NC(=O)NC2CC(c3ccc(Cl)cc3)c3ccccc3N(CC(=O)NC(C)(C)C)C2=O)c1. The maximum Gasteiger partial charge on any atom is 0.319 e. The second-order valence-electron chi connectivity index (χ2n) is 10.6. The minimum absolute atomic E-state index is 0.169. The highest BCUT2D eigenvalue weighted by atomic mass is 35.5. The van der Waals surface area contributed by atoms with Crippen LogP contribution in [0.15, 0.2) is 72.8 Å². The maximum absolute atomic E-state index is 14.0. The van der Waals surface area contributed by atoms with Gasteiger partial charge in [-0.05, 0) is 81.1 Å². The van der Waals surface area contributed by atoms with E-state index in [1.165, 1.54) is 4.90 Å². The highest BCUT2D eigenvalue weighted by Gasteiger charge is 2.37. The Kier molecular flexibility index (Phi) is 8.07. The monoisotopic (exact) mass is 532 g/mol. The molecule has 0 spiro atoms. The molecule has 198 valence electrons. The van der Waals surface area contributed by atoms with Gasteiger partial charge in [0, 0.05) is 27.9 Å². The third-order valence-corrected chi connectivity index (χ3v) is 6.56. The molecule has 2 atom stereocenters. The van der Waals surface area contributed by atoms with Crippen LogP contribution in [0.1, 0.15) is 49.8 Å². The first-order valence-electron chi connectivity index (χ1n) is 12.6. The molecule has 0 radical (unpaired) electrons. The Balaban J connectivity index is 1.70. The standard InChI is InChI=1S/C30H33ClN4O3/c1-19-8-7-9-22(16-19)32-29(38)33-25-17-24(20-12-14-21(31)15-13-20)23-10-5-6-11-26(23)35(28(25)37)18-27(36)34-30(2,3)4/h5-16,24-25H,17-18H2,1-4H3,(H,34,36)(H2,32,33,38). The van der Waals surface area contributed by atoms with E-state index in [0.29, 0.717) is 22.8 Å². The van der Waals surface area contributed by atoms with Gasteiger partial charge < -0.3 is 20.9 Å². The number of rotatable bonds is 5. The van der Waals surface area contributed by atoms with Crippen LogP contribution in [0.25, 0.3) is 0 Å². The summed E-state index contributed by atoms with van der Waals surface area (Å²) in [5.74, 6) is -0.849. The smallest absolute Gasteiger partial charge is 0.319 e. The summed E-state index contributed by atoms with van der Waals surface area (Å²) in [4.78, 5) is 41.4. The Morgan fingerprint density at radius 3 is 2.39 bits per heavy atom. The number of hydrogen-bond donors (Lipinski definition) is 3. The second-order valence-corrected chi connectivity index (χ2v) is 11.1. The lowest BCUT2D eigenvalue weighted by Gasteiger charge is -2.28. The lowest BCUT2D eigenvalue weighted by Crippen LogP contribution is -2.53. The molecule has 4 rings (SSSR count). The summed E-state index contributed by atoms with van der Waals surface area (Å²) in [6, 6.07) is 21.1. The van der Waals surface area contributed by atoms with Crippen molar-refractivity contribution in [3.8, 4) is 0 Å². The highest BCUT2D eigenvalue weighted by molar-refractivity contribution is 6.30. The number of nitrogens with zero attached hydrogens (tertiary/aromatic N) is 1. The zero-order chi connectivity index (χ0) is 27.4. The largest absolute Gasteiger partial charge is 0.350 e. The minimum Gasteiger partial charge on any atom is -0.350 e. The van der Waals surface area contributed by atoms with E-state index in [0.717, 1.165) is 16.7 Å². The molecule has 0 fully saturated rings. The van der Waals surface area contributed by atoms with Gasteiger partial charge in [0.2, 0.25) is 11.8 Å². The molecule has 1 aliphatic rings. The van der Waals surface area contributed by atoms with Crippen molar-refractivity contribution >= 4 is 40.8 Å². The van der Waals surface area contributed by atoms with E-state index >= 15 is 0 Å². The molecule has 0 aliphatic carbocycles. The normalized spacial score (nSPS) is 17.3. The predicted molar refractivity (Wildman–Crippen MR) is 152 cm³/mol. The molecule has 0 saturated heterocycles. The van der Waals surface area contributed by atoms with E-state index in [2.05, 4.69) is 16.0 Å². The van der Waals surface area contributed by atoms with Crippen LogP contribution in [-0.4, -0.2) is 36.0 Å². The quantitative estimate of drug-likeness (QED) is 0.398. The Bertz CT molecular complexity index is 1330. The van der Waals surface area contributed by atoms with E-state index in [-0.39, 0.29) is 24.3 Å². The van der Waals surface area contributed by atoms with Gasteiger partial charge in [-0.3, -0.25) is 9.59 Å². The van der Waals surface area contributed by atoms with Crippen LogP contribution in [0.5, 0.6) is 0 Å². The first kappa shape index (κ1) is 27.2. The fraction of sp³-hybridized carbons (Fsp3) is 0.300. The van der Waals surface area contributed by atoms with E-state index < -0.39 is 17.6 Å². The third kappa shape index (κ3) is 6.72. The van der Waals surface area contributed by atoms with E-state index in [9.17, 15) is 14.4 Å². The summed E-state index contributed by atoms with van der Waals surface area (Å²) in [5.41, 5.74) is 3.68. The van der Waals surface area contributed by atoms with Crippen molar-refractivity contribution in [2.24, 2.45) is 0 Å². The minimum atomic E-state index is -0.879. The average Bonchev–Trinajstić information content (AvgIpc) is 2.94. The zero-order valence-corrected chi connectivity index (χ0v) is 22.8. The van der Waals surface area contributed by atoms with Gasteiger partial charge in [-0.1, -0.05) is 54.1 Å². The molecule has 3 aromatic rings. The van der Waals surface area contributed by atoms with Crippen LogP contribution in [0.3, 0.4) is 0 Å². The number of fused-ring (bicyclic) bond motifs is 1. The van der Waals surface area contributed by atoms with Crippen LogP contribution >= 0.6 is 11.6 Å². The number of hydrogen-bond acceptors (Lipinski definition) is 3. The lowest BCUT2D eigenvalue weighted by atomic mass is 9.86.